The molecular weight excluding hydrogens is 214 g/mol. The van der Waals surface area contributed by atoms with Crippen LogP contribution in [-0.2, 0) is 4.74 Å². The Morgan fingerprint density at radius 3 is 2.94 bits per heavy atom. The maximum atomic E-state index is 9.07. The van der Waals surface area contributed by atoms with Gasteiger partial charge in [-0.1, -0.05) is 0 Å². The molecule has 1 aliphatic rings. The average molecular weight is 231 g/mol. The zero-order valence-electron chi connectivity index (χ0n) is 10.4. The summed E-state index contributed by atoms with van der Waals surface area (Å²) in [5.41, 5.74) is 1.34. The van der Waals surface area contributed by atoms with Gasteiger partial charge in [0, 0.05) is 12.3 Å². The Morgan fingerprint density at radius 1 is 1.59 bits per heavy atom. The van der Waals surface area contributed by atoms with Crippen molar-refractivity contribution >= 4 is 5.82 Å². The second kappa shape index (κ2) is 4.34. The van der Waals surface area contributed by atoms with Crippen LogP contribution in [0.4, 0.5) is 5.82 Å². The fraction of sp³-hybridized carbons (Fsp3) is 0.538. The molecule has 0 saturated carbocycles. The van der Waals surface area contributed by atoms with Crippen molar-refractivity contribution in [2.75, 3.05) is 11.9 Å². The lowest BCUT2D eigenvalue weighted by molar-refractivity contribution is 0.105. The van der Waals surface area contributed by atoms with Gasteiger partial charge in [-0.15, -0.1) is 0 Å². The molecule has 1 aliphatic heterocycles. The van der Waals surface area contributed by atoms with Crippen LogP contribution in [0.2, 0.25) is 0 Å². The van der Waals surface area contributed by atoms with E-state index in [-0.39, 0.29) is 11.6 Å². The van der Waals surface area contributed by atoms with Crippen LogP contribution >= 0.6 is 0 Å². The normalized spacial score (nSPS) is 27.8. The summed E-state index contributed by atoms with van der Waals surface area (Å²) in [6.45, 7) is 6.82. The molecule has 0 aromatic carbocycles. The van der Waals surface area contributed by atoms with E-state index in [0.717, 1.165) is 18.7 Å². The number of hydrogen-bond acceptors (Lipinski definition) is 4. The van der Waals surface area contributed by atoms with Crippen LogP contribution < -0.4 is 5.32 Å². The third-order valence-corrected chi connectivity index (χ3v) is 3.45. The number of nitrogens with one attached hydrogen (secondary N) is 1. The fourth-order valence-electron chi connectivity index (χ4n) is 2.01. The van der Waals surface area contributed by atoms with E-state index in [0.29, 0.717) is 11.4 Å². The summed E-state index contributed by atoms with van der Waals surface area (Å²) >= 11 is 0. The van der Waals surface area contributed by atoms with Crippen molar-refractivity contribution in [1.29, 1.82) is 5.26 Å². The van der Waals surface area contributed by atoms with Gasteiger partial charge in [-0.2, -0.15) is 5.26 Å². The molecule has 0 aliphatic carbocycles. The number of anilines is 1. The van der Waals surface area contributed by atoms with Crippen LogP contribution in [0.5, 0.6) is 0 Å². The van der Waals surface area contributed by atoms with Gasteiger partial charge in [-0.3, -0.25) is 0 Å². The molecule has 4 heteroatoms. The van der Waals surface area contributed by atoms with E-state index in [1.54, 1.807) is 6.07 Å². The molecule has 0 spiro atoms. The minimum atomic E-state index is -0.146. The highest BCUT2D eigenvalue weighted by Gasteiger charge is 2.37. The molecule has 2 rings (SSSR count). The maximum absolute atomic E-state index is 9.07. The highest BCUT2D eigenvalue weighted by molar-refractivity contribution is 5.54. The average Bonchev–Trinajstić information content (AvgIpc) is 2.59. The molecule has 90 valence electrons. The van der Waals surface area contributed by atoms with Gasteiger partial charge in [-0.25, -0.2) is 4.98 Å². The van der Waals surface area contributed by atoms with Crippen LogP contribution in [-0.4, -0.2) is 23.2 Å². The standard InChI is InChI=1S/C13H17N3O/c1-9-4-5-11(8-14)12(15-9)16-13(3)6-7-17-10(13)2/h4-5,10H,6-7H2,1-3H3,(H,15,16). The van der Waals surface area contributed by atoms with E-state index in [2.05, 4.69) is 23.3 Å². The quantitative estimate of drug-likeness (QED) is 0.848. The van der Waals surface area contributed by atoms with Gasteiger partial charge < -0.3 is 10.1 Å². The van der Waals surface area contributed by atoms with Gasteiger partial charge in [-0.05, 0) is 39.3 Å². The van der Waals surface area contributed by atoms with E-state index < -0.39 is 0 Å². The molecule has 17 heavy (non-hydrogen) atoms. The number of nitriles is 1. The van der Waals surface area contributed by atoms with Crippen molar-refractivity contribution in [1.82, 2.24) is 4.98 Å². The molecular formula is C13H17N3O. The van der Waals surface area contributed by atoms with Gasteiger partial charge in [0.1, 0.15) is 11.9 Å². The number of pyridine rings is 1. The molecule has 1 saturated heterocycles. The zero-order valence-corrected chi connectivity index (χ0v) is 10.4. The number of aryl methyl sites for hydroxylation is 1. The Morgan fingerprint density at radius 2 is 2.35 bits per heavy atom. The number of rotatable bonds is 2. The van der Waals surface area contributed by atoms with Gasteiger partial charge in [0.15, 0.2) is 0 Å². The molecule has 1 fully saturated rings. The Labute approximate surface area is 102 Å². The Hall–Kier alpha value is -1.60. The van der Waals surface area contributed by atoms with Gasteiger partial charge in [0.2, 0.25) is 0 Å². The first-order valence-electron chi connectivity index (χ1n) is 5.83. The van der Waals surface area contributed by atoms with Crippen molar-refractivity contribution in [2.45, 2.75) is 38.8 Å². The SMILES string of the molecule is Cc1ccc(C#N)c(NC2(C)CCOC2C)n1. The molecule has 2 atom stereocenters. The van der Waals surface area contributed by atoms with Gasteiger partial charge >= 0.3 is 0 Å². The predicted molar refractivity (Wildman–Crippen MR) is 65.7 cm³/mol. The highest BCUT2D eigenvalue weighted by atomic mass is 16.5. The largest absolute Gasteiger partial charge is 0.376 e. The second-order valence-electron chi connectivity index (χ2n) is 4.77. The lowest BCUT2D eigenvalue weighted by Gasteiger charge is -2.29. The molecule has 1 aromatic rings. The van der Waals surface area contributed by atoms with E-state index >= 15 is 0 Å². The molecule has 1 N–H and O–H groups in total. The first kappa shape index (κ1) is 11.9. The summed E-state index contributed by atoms with van der Waals surface area (Å²) in [6.07, 6.45) is 1.05. The summed E-state index contributed by atoms with van der Waals surface area (Å²) in [6, 6.07) is 5.81. The fourth-order valence-corrected chi connectivity index (χ4v) is 2.01. The summed E-state index contributed by atoms with van der Waals surface area (Å²) in [4.78, 5) is 4.40. The van der Waals surface area contributed by atoms with E-state index in [9.17, 15) is 0 Å². The van der Waals surface area contributed by atoms with Crippen LogP contribution in [0.1, 0.15) is 31.5 Å². The van der Waals surface area contributed by atoms with E-state index in [1.165, 1.54) is 0 Å². The lowest BCUT2D eigenvalue weighted by Crippen LogP contribution is -2.41. The molecule has 0 radical (unpaired) electrons. The van der Waals surface area contributed by atoms with Crippen LogP contribution in [0, 0.1) is 18.3 Å². The number of hydrogen-bond donors (Lipinski definition) is 1. The van der Waals surface area contributed by atoms with E-state index in [4.69, 9.17) is 10.00 Å². The first-order valence-corrected chi connectivity index (χ1v) is 5.83. The number of ether oxygens (including phenoxy) is 1. The van der Waals surface area contributed by atoms with Crippen molar-refractivity contribution in [3.8, 4) is 6.07 Å². The first-order chi connectivity index (χ1) is 8.05. The molecule has 2 heterocycles. The van der Waals surface area contributed by atoms with Gasteiger partial charge in [0.25, 0.3) is 0 Å². The molecule has 2 unspecified atom stereocenters. The number of aromatic nitrogens is 1. The summed E-state index contributed by atoms with van der Waals surface area (Å²) in [7, 11) is 0. The third-order valence-electron chi connectivity index (χ3n) is 3.45. The summed E-state index contributed by atoms with van der Waals surface area (Å²) < 4.78 is 5.57. The zero-order chi connectivity index (χ0) is 12.5. The molecule has 0 bridgehead atoms. The monoisotopic (exact) mass is 231 g/mol. The van der Waals surface area contributed by atoms with Crippen molar-refractivity contribution < 1.29 is 4.74 Å². The second-order valence-corrected chi connectivity index (χ2v) is 4.77. The van der Waals surface area contributed by atoms with E-state index in [1.807, 2.05) is 19.9 Å². The van der Waals surface area contributed by atoms with Crippen molar-refractivity contribution in [3.63, 3.8) is 0 Å². The Balaban J connectivity index is 2.30. The summed E-state index contributed by atoms with van der Waals surface area (Å²) in [5, 5.41) is 12.4. The molecule has 0 amide bonds. The van der Waals surface area contributed by atoms with Crippen molar-refractivity contribution in [3.05, 3.63) is 23.4 Å². The highest BCUT2D eigenvalue weighted by Crippen LogP contribution is 2.29. The minimum absolute atomic E-state index is 0.122. The molecule has 4 nitrogen and oxygen atoms in total. The van der Waals surface area contributed by atoms with Crippen LogP contribution in [0.15, 0.2) is 12.1 Å². The third kappa shape index (κ3) is 2.25. The van der Waals surface area contributed by atoms with Crippen LogP contribution in [0.3, 0.4) is 0 Å². The maximum Gasteiger partial charge on any atom is 0.144 e. The summed E-state index contributed by atoms with van der Waals surface area (Å²) in [5.74, 6) is 0.660. The minimum Gasteiger partial charge on any atom is -0.376 e. The topological polar surface area (TPSA) is 57.9 Å². The predicted octanol–water partition coefficient (Wildman–Crippen LogP) is 2.24. The number of nitrogens with zero attached hydrogens (tertiary/aromatic N) is 2. The molecule has 1 aromatic heterocycles. The Bertz CT molecular complexity index is 466. The smallest absolute Gasteiger partial charge is 0.144 e. The van der Waals surface area contributed by atoms with Gasteiger partial charge in [0.05, 0.1) is 17.2 Å². The van der Waals surface area contributed by atoms with Crippen LogP contribution in [0.25, 0.3) is 0 Å². The Kier molecular flexibility index (Phi) is 3.03. The lowest BCUT2D eigenvalue weighted by atomic mass is 9.94. The van der Waals surface area contributed by atoms with Crippen molar-refractivity contribution in [2.24, 2.45) is 0 Å².